The molecule has 4 aliphatic rings. The summed E-state index contributed by atoms with van der Waals surface area (Å²) in [5.41, 5.74) is 0.836. The molecule has 4 fully saturated rings. The van der Waals surface area contributed by atoms with Gasteiger partial charge < -0.3 is 9.47 Å². The fourth-order valence-electron chi connectivity index (χ4n) is 7.01. The molecule has 1 unspecified atom stereocenters. The first-order valence-electron chi connectivity index (χ1n) is 8.50. The van der Waals surface area contributed by atoms with Crippen LogP contribution in [0.5, 0.6) is 0 Å². The molecule has 6 atom stereocenters. The predicted octanol–water partition coefficient (Wildman–Crippen LogP) is 4.38. The fourth-order valence-corrected chi connectivity index (χ4v) is 7.01. The molecule has 0 amide bonds. The highest BCUT2D eigenvalue weighted by atomic mass is 16.8. The molecule has 114 valence electrons. The number of hydrogen-bond donors (Lipinski definition) is 0. The molecule has 1 heterocycles. The highest BCUT2D eigenvalue weighted by Gasteiger charge is 2.73. The molecule has 0 aromatic rings. The van der Waals surface area contributed by atoms with Crippen molar-refractivity contribution in [1.29, 1.82) is 0 Å². The Balaban J connectivity index is 1.82. The van der Waals surface area contributed by atoms with Crippen molar-refractivity contribution >= 4 is 0 Å². The van der Waals surface area contributed by atoms with Crippen molar-refractivity contribution in [2.24, 2.45) is 28.6 Å². The summed E-state index contributed by atoms with van der Waals surface area (Å²) in [6.07, 6.45) is 5.70. The first-order chi connectivity index (χ1) is 9.12. The van der Waals surface area contributed by atoms with Gasteiger partial charge in [-0.1, -0.05) is 20.8 Å². The Hall–Kier alpha value is -0.0800. The molecule has 2 nitrogen and oxygen atoms in total. The molecule has 2 bridgehead atoms. The van der Waals surface area contributed by atoms with Gasteiger partial charge in [-0.2, -0.15) is 0 Å². The van der Waals surface area contributed by atoms with Gasteiger partial charge in [-0.15, -0.1) is 0 Å². The van der Waals surface area contributed by atoms with Gasteiger partial charge in [0.05, 0.1) is 11.7 Å². The summed E-state index contributed by atoms with van der Waals surface area (Å²) in [6, 6.07) is 0. The minimum Gasteiger partial charge on any atom is -0.344 e. The van der Waals surface area contributed by atoms with Crippen LogP contribution in [0.4, 0.5) is 0 Å². The number of fused-ring (bicyclic) bond motifs is 3. The fraction of sp³-hybridized carbons (Fsp3) is 1.00. The van der Waals surface area contributed by atoms with Gasteiger partial charge in [0.25, 0.3) is 0 Å². The highest BCUT2D eigenvalue weighted by molar-refractivity contribution is 5.21. The van der Waals surface area contributed by atoms with Crippen LogP contribution in [0.3, 0.4) is 0 Å². The highest BCUT2D eigenvalue weighted by Crippen LogP contribution is 2.75. The summed E-state index contributed by atoms with van der Waals surface area (Å²) >= 11 is 0. The van der Waals surface area contributed by atoms with Crippen molar-refractivity contribution in [3.05, 3.63) is 0 Å². The quantitative estimate of drug-likeness (QED) is 0.654. The standard InChI is InChI=1S/C18H30O2/c1-11-7-8-12-15(2,3)13-9-18(11,12)10-14-17(13,6)20-16(4,5)19-14/h11-14H,7-10H2,1-6H3/t11-,12-,13+,14?,17+,18+/m0/s1. The minimum atomic E-state index is -0.409. The first kappa shape index (κ1) is 13.6. The van der Waals surface area contributed by atoms with E-state index in [0.29, 0.717) is 22.9 Å². The topological polar surface area (TPSA) is 18.5 Å². The Morgan fingerprint density at radius 1 is 0.900 bits per heavy atom. The molecule has 1 saturated heterocycles. The van der Waals surface area contributed by atoms with Crippen molar-refractivity contribution < 1.29 is 9.47 Å². The SMILES string of the molecule is C[C@H]1CC[C@H]2C(C)(C)[C@H]3C[C@@]12CC1OC(C)(C)O[C@@]13C. The van der Waals surface area contributed by atoms with Crippen molar-refractivity contribution in [1.82, 2.24) is 0 Å². The second-order valence-electron chi connectivity index (χ2n) is 9.34. The van der Waals surface area contributed by atoms with Gasteiger partial charge in [-0.05, 0) is 75.0 Å². The summed E-state index contributed by atoms with van der Waals surface area (Å²) in [5, 5.41) is 0. The molecule has 3 aliphatic carbocycles. The maximum atomic E-state index is 6.48. The van der Waals surface area contributed by atoms with E-state index in [1.54, 1.807) is 0 Å². The Kier molecular flexibility index (Phi) is 2.35. The lowest BCUT2D eigenvalue weighted by Crippen LogP contribution is -2.52. The summed E-state index contributed by atoms with van der Waals surface area (Å²) in [4.78, 5) is 0. The molecular formula is C18H30O2. The van der Waals surface area contributed by atoms with E-state index in [1.165, 1.54) is 25.7 Å². The molecular weight excluding hydrogens is 248 g/mol. The Bertz CT molecular complexity index is 454. The van der Waals surface area contributed by atoms with Gasteiger partial charge in [-0.3, -0.25) is 0 Å². The average Bonchev–Trinajstić information content (AvgIpc) is 2.80. The van der Waals surface area contributed by atoms with Gasteiger partial charge in [0.15, 0.2) is 5.79 Å². The van der Waals surface area contributed by atoms with Gasteiger partial charge in [0.2, 0.25) is 0 Å². The Labute approximate surface area is 123 Å². The average molecular weight is 278 g/mol. The molecule has 0 aromatic carbocycles. The van der Waals surface area contributed by atoms with Crippen LogP contribution in [-0.2, 0) is 9.47 Å². The third-order valence-electron chi connectivity index (χ3n) is 7.73. The second-order valence-corrected chi connectivity index (χ2v) is 9.34. The van der Waals surface area contributed by atoms with Crippen molar-refractivity contribution in [2.45, 2.75) is 84.7 Å². The minimum absolute atomic E-state index is 0.0810. The van der Waals surface area contributed by atoms with Crippen LogP contribution in [0.1, 0.15) is 67.2 Å². The smallest absolute Gasteiger partial charge is 0.164 e. The van der Waals surface area contributed by atoms with Crippen molar-refractivity contribution in [3.63, 3.8) is 0 Å². The molecule has 1 spiro atoms. The zero-order valence-corrected chi connectivity index (χ0v) is 14.0. The summed E-state index contributed by atoms with van der Waals surface area (Å²) in [5.74, 6) is 1.96. The van der Waals surface area contributed by atoms with E-state index in [0.717, 1.165) is 11.8 Å². The van der Waals surface area contributed by atoms with E-state index in [2.05, 4.69) is 41.5 Å². The lowest BCUT2D eigenvalue weighted by Gasteiger charge is -2.47. The third kappa shape index (κ3) is 1.34. The summed E-state index contributed by atoms with van der Waals surface area (Å²) in [7, 11) is 0. The monoisotopic (exact) mass is 278 g/mol. The van der Waals surface area contributed by atoms with Crippen LogP contribution in [0.25, 0.3) is 0 Å². The van der Waals surface area contributed by atoms with Crippen molar-refractivity contribution in [2.75, 3.05) is 0 Å². The normalized spacial score (nSPS) is 58.5. The van der Waals surface area contributed by atoms with Gasteiger partial charge in [0.1, 0.15) is 0 Å². The van der Waals surface area contributed by atoms with E-state index in [4.69, 9.17) is 9.47 Å². The largest absolute Gasteiger partial charge is 0.344 e. The van der Waals surface area contributed by atoms with Crippen molar-refractivity contribution in [3.8, 4) is 0 Å². The molecule has 4 rings (SSSR count). The molecule has 3 saturated carbocycles. The molecule has 20 heavy (non-hydrogen) atoms. The van der Waals surface area contributed by atoms with E-state index in [1.807, 2.05) is 0 Å². The van der Waals surface area contributed by atoms with E-state index in [9.17, 15) is 0 Å². The van der Waals surface area contributed by atoms with E-state index in [-0.39, 0.29) is 5.60 Å². The second kappa shape index (κ2) is 3.46. The maximum absolute atomic E-state index is 6.48. The molecule has 0 aromatic heterocycles. The van der Waals surface area contributed by atoms with Gasteiger partial charge in [0, 0.05) is 0 Å². The molecule has 2 heteroatoms. The predicted molar refractivity (Wildman–Crippen MR) is 79.3 cm³/mol. The van der Waals surface area contributed by atoms with Crippen LogP contribution in [-0.4, -0.2) is 17.5 Å². The van der Waals surface area contributed by atoms with Crippen LogP contribution in [0, 0.1) is 28.6 Å². The molecule has 1 aliphatic heterocycles. The van der Waals surface area contributed by atoms with Gasteiger partial charge >= 0.3 is 0 Å². The number of rotatable bonds is 0. The zero-order valence-electron chi connectivity index (χ0n) is 14.0. The Morgan fingerprint density at radius 2 is 1.60 bits per heavy atom. The van der Waals surface area contributed by atoms with Gasteiger partial charge in [-0.25, -0.2) is 0 Å². The van der Waals surface area contributed by atoms with E-state index < -0.39 is 5.79 Å². The maximum Gasteiger partial charge on any atom is 0.164 e. The first-order valence-corrected chi connectivity index (χ1v) is 8.50. The van der Waals surface area contributed by atoms with Crippen LogP contribution in [0.15, 0.2) is 0 Å². The number of hydrogen-bond acceptors (Lipinski definition) is 2. The summed E-state index contributed by atoms with van der Waals surface area (Å²) < 4.78 is 12.8. The molecule has 0 N–H and O–H groups in total. The number of ether oxygens (including phenoxy) is 2. The molecule has 0 radical (unpaired) electrons. The zero-order chi connectivity index (χ0) is 14.6. The van der Waals surface area contributed by atoms with Crippen LogP contribution >= 0.6 is 0 Å². The van der Waals surface area contributed by atoms with Crippen LogP contribution in [0.2, 0.25) is 0 Å². The lowest BCUT2D eigenvalue weighted by molar-refractivity contribution is -0.177. The van der Waals surface area contributed by atoms with Crippen LogP contribution < -0.4 is 0 Å². The lowest BCUT2D eigenvalue weighted by atomic mass is 9.63. The van der Waals surface area contributed by atoms with E-state index >= 15 is 0 Å². The Morgan fingerprint density at radius 3 is 2.30 bits per heavy atom. The third-order valence-corrected chi connectivity index (χ3v) is 7.73. The summed E-state index contributed by atoms with van der Waals surface area (Å²) in [6.45, 7) is 14.0.